The van der Waals surface area contributed by atoms with Crippen molar-refractivity contribution in [3.05, 3.63) is 40.4 Å². The van der Waals surface area contributed by atoms with E-state index in [0.29, 0.717) is 23.3 Å². The lowest BCUT2D eigenvalue weighted by molar-refractivity contribution is 0.296. The topological polar surface area (TPSA) is 94.4 Å². The summed E-state index contributed by atoms with van der Waals surface area (Å²) in [5.41, 5.74) is 0.971. The summed E-state index contributed by atoms with van der Waals surface area (Å²) in [7, 11) is 0. The summed E-state index contributed by atoms with van der Waals surface area (Å²) in [5.74, 6) is 2.84. The van der Waals surface area contributed by atoms with Crippen LogP contribution in [-0.2, 0) is 18.9 Å². The largest absolute Gasteiger partial charge is 0.486 e. The molecule has 10 heteroatoms. The van der Waals surface area contributed by atoms with Crippen LogP contribution in [0.5, 0.6) is 5.75 Å². The quantitative estimate of drug-likeness (QED) is 0.556. The predicted molar refractivity (Wildman–Crippen MR) is 99.2 cm³/mol. The molecule has 1 aromatic carbocycles. The van der Waals surface area contributed by atoms with E-state index in [9.17, 15) is 0 Å². The number of halogens is 1. The van der Waals surface area contributed by atoms with E-state index in [2.05, 4.69) is 37.6 Å². The third kappa shape index (κ3) is 4.95. The van der Waals surface area contributed by atoms with Crippen molar-refractivity contribution >= 4 is 23.4 Å². The van der Waals surface area contributed by atoms with Crippen LogP contribution >= 0.6 is 23.4 Å². The lowest BCUT2D eigenvalue weighted by Crippen LogP contribution is -2.05. The molecule has 0 aliphatic rings. The zero-order chi connectivity index (χ0) is 18.4. The molecule has 0 saturated carbocycles. The number of unbranched alkanes of at least 4 members (excludes halogenated alkanes) is 1. The van der Waals surface area contributed by atoms with Crippen LogP contribution in [0.3, 0.4) is 0 Å². The van der Waals surface area contributed by atoms with Gasteiger partial charge in [-0.25, -0.2) is 9.67 Å². The fourth-order valence-electron chi connectivity index (χ4n) is 2.20. The van der Waals surface area contributed by atoms with Gasteiger partial charge in [-0.2, -0.15) is 0 Å². The van der Waals surface area contributed by atoms with E-state index in [1.54, 1.807) is 0 Å². The second-order valence-electron chi connectivity index (χ2n) is 5.72. The lowest BCUT2D eigenvalue weighted by Gasteiger charge is -2.05. The smallest absolute Gasteiger partial charge is 0.208 e. The third-order valence-corrected chi connectivity index (χ3v) is 4.94. The Labute approximate surface area is 160 Å². The van der Waals surface area contributed by atoms with Gasteiger partial charge in [0.15, 0.2) is 11.6 Å². The maximum atomic E-state index is 6.01. The number of benzene rings is 1. The Morgan fingerprint density at radius 3 is 3.04 bits per heavy atom. The standard InChI is InChI=1S/C16H20ClN7OS/c1-3-4-7-24-15(20-22-23-24)10-26-16-18-14(19-21-16)9-25-12-5-6-13(17)11(2)8-12/h5-6,8H,3-4,7,9-10H2,1-2H3,(H,18,19,21). The predicted octanol–water partition coefficient (Wildman–Crippen LogP) is 3.42. The highest BCUT2D eigenvalue weighted by Crippen LogP contribution is 2.22. The number of aromatic nitrogens is 7. The number of nitrogens with one attached hydrogen (secondary N) is 1. The molecule has 0 unspecified atom stereocenters. The van der Waals surface area contributed by atoms with Crippen LogP contribution in [0.4, 0.5) is 0 Å². The van der Waals surface area contributed by atoms with Gasteiger partial charge in [0.1, 0.15) is 12.4 Å². The summed E-state index contributed by atoms with van der Waals surface area (Å²) in [6.07, 6.45) is 2.15. The molecule has 8 nitrogen and oxygen atoms in total. The van der Waals surface area contributed by atoms with E-state index >= 15 is 0 Å². The number of aryl methyl sites for hydroxylation is 2. The fourth-order valence-corrected chi connectivity index (χ4v) is 3.07. The molecule has 0 aliphatic heterocycles. The summed E-state index contributed by atoms with van der Waals surface area (Å²) in [6.45, 7) is 5.21. The van der Waals surface area contributed by atoms with Gasteiger partial charge >= 0.3 is 0 Å². The van der Waals surface area contributed by atoms with E-state index < -0.39 is 0 Å². The van der Waals surface area contributed by atoms with Crippen molar-refractivity contribution < 1.29 is 4.74 Å². The van der Waals surface area contributed by atoms with E-state index in [1.165, 1.54) is 11.8 Å². The van der Waals surface area contributed by atoms with E-state index in [0.717, 1.165) is 41.5 Å². The van der Waals surface area contributed by atoms with E-state index in [1.807, 2.05) is 29.8 Å². The van der Waals surface area contributed by atoms with Crippen molar-refractivity contribution in [1.82, 2.24) is 35.4 Å². The molecule has 138 valence electrons. The van der Waals surface area contributed by atoms with Gasteiger partial charge in [-0.05, 0) is 47.5 Å². The number of H-pyrrole nitrogens is 1. The first-order chi connectivity index (χ1) is 12.7. The van der Waals surface area contributed by atoms with Crippen LogP contribution < -0.4 is 4.74 Å². The SMILES string of the molecule is CCCCn1nnnc1CSc1n[nH]c(COc2ccc(Cl)c(C)c2)n1. The molecule has 3 aromatic rings. The van der Waals surface area contributed by atoms with Crippen LogP contribution in [0.1, 0.15) is 37.0 Å². The Bertz CT molecular complexity index is 851. The van der Waals surface area contributed by atoms with Crippen molar-refractivity contribution in [3.63, 3.8) is 0 Å². The number of nitrogens with zero attached hydrogens (tertiary/aromatic N) is 6. The molecular formula is C16H20ClN7OS. The second kappa shape index (κ2) is 9.00. The van der Waals surface area contributed by atoms with Crippen molar-refractivity contribution in [2.45, 2.75) is 50.8 Å². The molecule has 1 N–H and O–H groups in total. The molecule has 0 fully saturated rings. The first kappa shape index (κ1) is 18.7. The average Bonchev–Trinajstić information content (AvgIpc) is 3.28. The lowest BCUT2D eigenvalue weighted by atomic mass is 10.2. The molecule has 3 rings (SSSR count). The minimum atomic E-state index is 0.308. The number of aromatic amines is 1. The fraction of sp³-hybridized carbons (Fsp3) is 0.438. The van der Waals surface area contributed by atoms with Gasteiger partial charge in [0.2, 0.25) is 5.16 Å². The summed E-state index contributed by atoms with van der Waals surface area (Å²) >= 11 is 7.50. The molecule has 0 amide bonds. The van der Waals surface area contributed by atoms with Crippen LogP contribution in [0.15, 0.2) is 23.4 Å². The Balaban J connectivity index is 1.51. The Morgan fingerprint density at radius 2 is 2.23 bits per heavy atom. The average molecular weight is 394 g/mol. The number of tetrazole rings is 1. The van der Waals surface area contributed by atoms with Crippen LogP contribution in [0.25, 0.3) is 0 Å². The molecule has 0 saturated heterocycles. The highest BCUT2D eigenvalue weighted by atomic mass is 35.5. The molecule has 0 radical (unpaired) electrons. The minimum absolute atomic E-state index is 0.308. The number of hydrogen-bond donors (Lipinski definition) is 1. The summed E-state index contributed by atoms with van der Waals surface area (Å²) in [4.78, 5) is 4.42. The van der Waals surface area contributed by atoms with E-state index in [4.69, 9.17) is 16.3 Å². The van der Waals surface area contributed by atoms with Crippen molar-refractivity contribution in [1.29, 1.82) is 0 Å². The van der Waals surface area contributed by atoms with Crippen molar-refractivity contribution in [3.8, 4) is 5.75 Å². The Kier molecular flexibility index (Phi) is 6.45. The van der Waals surface area contributed by atoms with Gasteiger partial charge in [0.05, 0.1) is 5.75 Å². The van der Waals surface area contributed by atoms with Crippen molar-refractivity contribution in [2.75, 3.05) is 0 Å². The normalized spacial score (nSPS) is 11.0. The third-order valence-electron chi connectivity index (χ3n) is 3.68. The van der Waals surface area contributed by atoms with Gasteiger partial charge in [-0.15, -0.1) is 10.2 Å². The zero-order valence-electron chi connectivity index (χ0n) is 14.6. The second-order valence-corrected chi connectivity index (χ2v) is 7.07. The number of ether oxygens (including phenoxy) is 1. The molecule has 2 aromatic heterocycles. The van der Waals surface area contributed by atoms with Crippen LogP contribution in [0.2, 0.25) is 5.02 Å². The molecule has 26 heavy (non-hydrogen) atoms. The molecule has 0 atom stereocenters. The highest BCUT2D eigenvalue weighted by Gasteiger charge is 2.10. The van der Waals surface area contributed by atoms with Crippen LogP contribution in [-0.4, -0.2) is 35.4 Å². The minimum Gasteiger partial charge on any atom is -0.486 e. The van der Waals surface area contributed by atoms with Gasteiger partial charge in [-0.3, -0.25) is 5.10 Å². The molecular weight excluding hydrogens is 374 g/mol. The summed E-state index contributed by atoms with van der Waals surface area (Å²) in [6, 6.07) is 5.54. The first-order valence-corrected chi connectivity index (χ1v) is 9.70. The Morgan fingerprint density at radius 1 is 1.35 bits per heavy atom. The molecule has 0 bridgehead atoms. The Hall–Kier alpha value is -2.13. The number of hydrogen-bond acceptors (Lipinski definition) is 7. The van der Waals surface area contributed by atoms with Gasteiger partial charge in [-0.1, -0.05) is 36.7 Å². The zero-order valence-corrected chi connectivity index (χ0v) is 16.2. The van der Waals surface area contributed by atoms with Gasteiger partial charge < -0.3 is 4.74 Å². The monoisotopic (exact) mass is 393 g/mol. The molecule has 2 heterocycles. The number of rotatable bonds is 9. The van der Waals surface area contributed by atoms with Gasteiger partial charge in [0, 0.05) is 11.6 Å². The molecule has 0 aliphatic carbocycles. The first-order valence-electron chi connectivity index (χ1n) is 8.33. The number of thioether (sulfide) groups is 1. The van der Waals surface area contributed by atoms with Crippen LogP contribution in [0, 0.1) is 6.92 Å². The highest BCUT2D eigenvalue weighted by molar-refractivity contribution is 7.98. The van der Waals surface area contributed by atoms with Crippen molar-refractivity contribution in [2.24, 2.45) is 0 Å². The maximum Gasteiger partial charge on any atom is 0.208 e. The summed E-state index contributed by atoms with van der Waals surface area (Å²) < 4.78 is 7.55. The molecule has 0 spiro atoms. The van der Waals surface area contributed by atoms with Gasteiger partial charge in [0.25, 0.3) is 0 Å². The summed E-state index contributed by atoms with van der Waals surface area (Å²) in [5, 5.41) is 20.3. The van der Waals surface area contributed by atoms with E-state index in [-0.39, 0.29) is 0 Å². The maximum absolute atomic E-state index is 6.01.